The van der Waals surface area contributed by atoms with Crippen LogP contribution in [0.25, 0.3) is 0 Å². The van der Waals surface area contributed by atoms with Crippen molar-refractivity contribution in [2.45, 2.75) is 31.3 Å². The van der Waals surface area contributed by atoms with E-state index < -0.39 is 34.1 Å². The highest BCUT2D eigenvalue weighted by atomic mass is 35.5. The van der Waals surface area contributed by atoms with Crippen molar-refractivity contribution >= 4 is 46.4 Å². The van der Waals surface area contributed by atoms with Gasteiger partial charge in [-0.1, -0.05) is 23.7 Å². The van der Waals surface area contributed by atoms with Gasteiger partial charge in [-0.15, -0.1) is 0 Å². The number of nitro benzene ring substituents is 1. The third-order valence-electron chi connectivity index (χ3n) is 7.50. The fraction of sp³-hybridized carbons (Fsp3) is 0.348. The van der Waals surface area contributed by atoms with Crippen LogP contribution in [0.4, 0.5) is 17.1 Å². The summed E-state index contributed by atoms with van der Waals surface area (Å²) < 4.78 is 0. The SMILES string of the molecule is Cc1cc(Cl)c2c(c1)[C@]1(C(=O)N2)[C@@H]2C(=O)N(c3cccc([N+](=O)[O-])c3)C(=O)[C@H]2[C@H]2CCCN21. The molecule has 10 heteroatoms. The van der Waals surface area contributed by atoms with Crippen LogP contribution in [-0.4, -0.2) is 40.1 Å². The minimum Gasteiger partial charge on any atom is -0.323 e. The molecule has 3 saturated heterocycles. The average molecular weight is 467 g/mol. The van der Waals surface area contributed by atoms with Crippen molar-refractivity contribution in [3.05, 3.63) is 62.7 Å². The second-order valence-corrected chi connectivity index (χ2v) is 9.49. The van der Waals surface area contributed by atoms with Crippen molar-refractivity contribution in [1.82, 2.24) is 4.90 Å². The van der Waals surface area contributed by atoms with Crippen LogP contribution in [0, 0.1) is 28.9 Å². The first-order valence-electron chi connectivity index (χ1n) is 10.8. The van der Waals surface area contributed by atoms with Crippen molar-refractivity contribution < 1.29 is 19.3 Å². The van der Waals surface area contributed by atoms with Crippen LogP contribution in [-0.2, 0) is 19.9 Å². The minimum atomic E-state index is -1.33. The number of nitrogens with one attached hydrogen (secondary N) is 1. The zero-order valence-electron chi connectivity index (χ0n) is 17.6. The molecule has 33 heavy (non-hydrogen) atoms. The number of halogens is 1. The molecule has 3 fully saturated rings. The Hall–Kier alpha value is -3.30. The molecule has 2 aromatic carbocycles. The zero-order valence-corrected chi connectivity index (χ0v) is 18.3. The van der Waals surface area contributed by atoms with Gasteiger partial charge in [-0.2, -0.15) is 0 Å². The molecule has 6 rings (SSSR count). The molecule has 0 saturated carbocycles. The largest absolute Gasteiger partial charge is 0.323 e. The Balaban J connectivity index is 1.55. The molecule has 9 nitrogen and oxygen atoms in total. The highest BCUT2D eigenvalue weighted by Crippen LogP contribution is 2.61. The van der Waals surface area contributed by atoms with E-state index >= 15 is 0 Å². The van der Waals surface area contributed by atoms with E-state index in [1.165, 1.54) is 24.3 Å². The molecule has 0 unspecified atom stereocenters. The van der Waals surface area contributed by atoms with Gasteiger partial charge in [0.05, 0.1) is 33.2 Å². The Morgan fingerprint density at radius 2 is 1.97 bits per heavy atom. The van der Waals surface area contributed by atoms with Gasteiger partial charge in [0, 0.05) is 23.7 Å². The predicted octanol–water partition coefficient (Wildman–Crippen LogP) is 2.99. The number of nitro groups is 1. The number of aryl methyl sites for hydroxylation is 1. The summed E-state index contributed by atoms with van der Waals surface area (Å²) in [4.78, 5) is 55.0. The summed E-state index contributed by atoms with van der Waals surface area (Å²) in [5, 5.41) is 14.5. The van der Waals surface area contributed by atoms with Crippen LogP contribution in [0.15, 0.2) is 36.4 Å². The van der Waals surface area contributed by atoms with E-state index in [0.29, 0.717) is 29.2 Å². The number of non-ortho nitro benzene ring substituents is 1. The summed E-state index contributed by atoms with van der Waals surface area (Å²) >= 11 is 6.47. The summed E-state index contributed by atoms with van der Waals surface area (Å²) in [6.45, 7) is 2.46. The number of nitrogens with zero attached hydrogens (tertiary/aromatic N) is 3. The molecular formula is C23H19ClN4O5. The van der Waals surface area contributed by atoms with Gasteiger partial charge in [0.25, 0.3) is 11.6 Å². The van der Waals surface area contributed by atoms with Crippen molar-refractivity contribution in [2.75, 3.05) is 16.8 Å². The number of fused-ring (bicyclic) bond motifs is 7. The number of amides is 3. The van der Waals surface area contributed by atoms with Crippen LogP contribution in [0.1, 0.15) is 24.0 Å². The number of anilines is 2. The molecule has 4 aliphatic heterocycles. The number of carbonyl (C=O) groups is 3. The first kappa shape index (κ1) is 20.3. The lowest BCUT2D eigenvalue weighted by molar-refractivity contribution is -0.384. The zero-order chi connectivity index (χ0) is 23.2. The fourth-order valence-electron chi connectivity index (χ4n) is 6.40. The van der Waals surface area contributed by atoms with Crippen molar-refractivity contribution in [3.8, 4) is 0 Å². The van der Waals surface area contributed by atoms with E-state index in [9.17, 15) is 24.5 Å². The fourth-order valence-corrected chi connectivity index (χ4v) is 6.72. The maximum Gasteiger partial charge on any atom is 0.271 e. The summed E-state index contributed by atoms with van der Waals surface area (Å²) in [5.41, 5.74) is 0.551. The Morgan fingerprint density at radius 1 is 1.18 bits per heavy atom. The molecule has 0 aromatic heterocycles. The molecule has 4 atom stereocenters. The number of carbonyl (C=O) groups excluding carboxylic acids is 3. The molecule has 0 aliphatic carbocycles. The van der Waals surface area contributed by atoms with Crippen LogP contribution in [0.3, 0.4) is 0 Å². The van der Waals surface area contributed by atoms with E-state index in [4.69, 9.17) is 11.6 Å². The lowest BCUT2D eigenvalue weighted by atomic mass is 9.75. The van der Waals surface area contributed by atoms with Gasteiger partial charge in [0.1, 0.15) is 5.54 Å². The Bertz CT molecular complexity index is 1300. The number of hydrogen-bond donors (Lipinski definition) is 1. The Morgan fingerprint density at radius 3 is 2.73 bits per heavy atom. The van der Waals surface area contributed by atoms with Crippen molar-refractivity contribution in [1.29, 1.82) is 0 Å². The Labute approximate surface area is 193 Å². The highest BCUT2D eigenvalue weighted by molar-refractivity contribution is 6.35. The summed E-state index contributed by atoms with van der Waals surface area (Å²) in [5.74, 6) is -2.94. The van der Waals surface area contributed by atoms with Gasteiger partial charge in [-0.3, -0.25) is 29.4 Å². The van der Waals surface area contributed by atoms with Crippen LogP contribution in [0.5, 0.6) is 0 Å². The highest BCUT2D eigenvalue weighted by Gasteiger charge is 2.74. The Kier molecular flexibility index (Phi) is 4.07. The van der Waals surface area contributed by atoms with E-state index in [1.54, 1.807) is 6.07 Å². The number of benzene rings is 2. The maximum absolute atomic E-state index is 13.9. The quantitative estimate of drug-likeness (QED) is 0.413. The first-order chi connectivity index (χ1) is 15.8. The standard InChI is InChI=1S/C23H19ClN4O5/c1-11-8-14-19(15(24)9-11)25-22(31)23(14)18-17(16-6-3-7-26(16)23)20(29)27(21(18)30)12-4-2-5-13(10-12)28(32)33/h2,4-5,8-10,16-18H,3,6-7H2,1H3,(H,25,31)/t16-,17+,18+,23-/m1/s1. The lowest BCUT2D eigenvalue weighted by Gasteiger charge is -2.36. The van der Waals surface area contributed by atoms with Gasteiger partial charge < -0.3 is 5.32 Å². The molecule has 0 bridgehead atoms. The molecule has 3 amide bonds. The second-order valence-electron chi connectivity index (χ2n) is 9.09. The predicted molar refractivity (Wildman–Crippen MR) is 119 cm³/mol. The van der Waals surface area contributed by atoms with E-state index in [-0.39, 0.29) is 23.3 Å². The second kappa shape index (κ2) is 6.61. The van der Waals surface area contributed by atoms with Crippen molar-refractivity contribution in [3.63, 3.8) is 0 Å². The van der Waals surface area contributed by atoms with Crippen LogP contribution in [0.2, 0.25) is 5.02 Å². The molecule has 4 aliphatic rings. The molecule has 4 heterocycles. The van der Waals surface area contributed by atoms with Gasteiger partial charge in [-0.25, -0.2) is 4.90 Å². The summed E-state index contributed by atoms with van der Waals surface area (Å²) in [6, 6.07) is 8.83. The van der Waals surface area contributed by atoms with Gasteiger partial charge in [0.2, 0.25) is 11.8 Å². The van der Waals surface area contributed by atoms with Crippen LogP contribution >= 0.6 is 11.6 Å². The number of rotatable bonds is 2. The van der Waals surface area contributed by atoms with Gasteiger partial charge >= 0.3 is 0 Å². The molecule has 1 N–H and O–H groups in total. The van der Waals surface area contributed by atoms with Crippen molar-refractivity contribution in [2.24, 2.45) is 11.8 Å². The van der Waals surface area contributed by atoms with E-state index in [0.717, 1.165) is 16.9 Å². The lowest BCUT2D eigenvalue weighted by Crippen LogP contribution is -2.54. The third-order valence-corrected chi connectivity index (χ3v) is 7.79. The topological polar surface area (TPSA) is 113 Å². The maximum atomic E-state index is 13.9. The minimum absolute atomic E-state index is 0.147. The average Bonchev–Trinajstić information content (AvgIpc) is 3.47. The molecule has 1 spiro atoms. The molecule has 2 aromatic rings. The molecule has 168 valence electrons. The molecule has 0 radical (unpaired) electrons. The monoisotopic (exact) mass is 466 g/mol. The first-order valence-corrected chi connectivity index (χ1v) is 11.2. The van der Waals surface area contributed by atoms with E-state index in [1.807, 2.05) is 17.9 Å². The summed E-state index contributed by atoms with van der Waals surface area (Å²) in [6.07, 6.45) is 1.49. The summed E-state index contributed by atoms with van der Waals surface area (Å²) in [7, 11) is 0. The number of hydrogen-bond acceptors (Lipinski definition) is 6. The molecular weight excluding hydrogens is 448 g/mol. The van der Waals surface area contributed by atoms with Gasteiger partial charge in [0.15, 0.2) is 0 Å². The smallest absolute Gasteiger partial charge is 0.271 e. The van der Waals surface area contributed by atoms with E-state index in [2.05, 4.69) is 5.32 Å². The normalized spacial score (nSPS) is 30.1. The van der Waals surface area contributed by atoms with Crippen LogP contribution < -0.4 is 10.2 Å². The number of imide groups is 1. The third kappa shape index (κ3) is 2.38. The van der Waals surface area contributed by atoms with Gasteiger partial charge in [-0.05, 0) is 44.0 Å².